The summed E-state index contributed by atoms with van der Waals surface area (Å²) in [5, 5.41) is 0.0588. The summed E-state index contributed by atoms with van der Waals surface area (Å²) in [6, 6.07) is 16.4. The molecule has 0 bridgehead atoms. The van der Waals surface area contributed by atoms with Gasteiger partial charge in [-0.3, -0.25) is 9.59 Å². The monoisotopic (exact) mass is 580 g/mol. The van der Waals surface area contributed by atoms with Crippen molar-refractivity contribution < 1.29 is 28.2 Å². The number of allylic oxidation sites excluding steroid dienone is 2. The van der Waals surface area contributed by atoms with Crippen LogP contribution in [0.25, 0.3) is 0 Å². The van der Waals surface area contributed by atoms with E-state index in [4.69, 9.17) is 18.6 Å². The lowest BCUT2D eigenvalue weighted by Gasteiger charge is -2.40. The first-order valence-electron chi connectivity index (χ1n) is 14.7. The Morgan fingerprint density at radius 3 is 2.12 bits per heavy atom. The number of carbonyl (C=O) groups is 2. The molecule has 0 N–H and O–H groups in total. The molecular formula is C34H48O6Si. The number of unbranched alkanes of at least 4 members (excludes halogenated alkanes) is 1. The summed E-state index contributed by atoms with van der Waals surface area (Å²) in [6.45, 7) is 12.3. The van der Waals surface area contributed by atoms with Crippen molar-refractivity contribution in [1.29, 1.82) is 0 Å². The smallest absolute Gasteiger partial charge is 0.305 e. The molecule has 1 aliphatic carbocycles. The van der Waals surface area contributed by atoms with Crippen LogP contribution in [-0.4, -0.2) is 40.4 Å². The molecular weight excluding hydrogens is 532 g/mol. The second-order valence-electron chi connectivity index (χ2n) is 12.5. The number of esters is 1. The fraction of sp³-hybridized carbons (Fsp3) is 0.529. The third-order valence-electron chi connectivity index (χ3n) is 8.50. The number of benzene rings is 2. The summed E-state index contributed by atoms with van der Waals surface area (Å²) in [7, 11) is 0.995. The Kier molecular flexibility index (Phi) is 11.9. The summed E-state index contributed by atoms with van der Waals surface area (Å²) in [6.07, 6.45) is 7.11. The first kappa shape index (κ1) is 32.8. The lowest BCUT2D eigenvalue weighted by molar-refractivity contribution is -0.140. The van der Waals surface area contributed by atoms with E-state index >= 15 is 0 Å². The van der Waals surface area contributed by atoms with Crippen LogP contribution in [0.3, 0.4) is 0 Å². The van der Waals surface area contributed by atoms with Crippen LogP contribution < -0.4 is 4.74 Å². The third kappa shape index (κ3) is 9.38. The lowest BCUT2D eigenvalue weighted by Crippen LogP contribution is -2.44. The largest absolute Gasteiger partial charge is 0.497 e. The molecule has 0 spiro atoms. The Labute approximate surface area is 247 Å². The minimum atomic E-state index is -2.08. The third-order valence-corrected chi connectivity index (χ3v) is 13.0. The number of Topliss-reactive ketones (excluding diaryl/α,β-unsaturated/α-hetero) is 1. The van der Waals surface area contributed by atoms with Crippen LogP contribution in [0.2, 0.25) is 18.1 Å². The average molecular weight is 581 g/mol. The maximum Gasteiger partial charge on any atom is 0.305 e. The fourth-order valence-electron chi connectivity index (χ4n) is 5.00. The molecule has 0 radical (unpaired) electrons. The molecule has 1 fully saturated rings. The summed E-state index contributed by atoms with van der Waals surface area (Å²) >= 11 is 0. The standard InChI is InChI=1S/C34H48O6Si/c1-34(2,3)41(6,7)40-31-22-30(35)29(12-10-8-9-11-13-32(36)38-5)33(31)27-18-14-25(15-19-27)23-39-24-26-16-20-28(37-4)21-17-26/h8,10,14-21,29,31,33H,9,11-13,22-24H2,1-7H3/t29-,31+,33+/m0/s1. The first-order valence-corrected chi connectivity index (χ1v) is 17.6. The Hall–Kier alpha value is -2.74. The van der Waals surface area contributed by atoms with Crippen molar-refractivity contribution in [2.24, 2.45) is 5.92 Å². The maximum absolute atomic E-state index is 13.3. The molecule has 2 aromatic rings. The van der Waals surface area contributed by atoms with Crippen molar-refractivity contribution in [3.8, 4) is 5.75 Å². The minimum absolute atomic E-state index is 0.00520. The zero-order valence-electron chi connectivity index (χ0n) is 25.9. The maximum atomic E-state index is 13.3. The van der Waals surface area contributed by atoms with Crippen LogP contribution >= 0.6 is 0 Å². The molecule has 0 amide bonds. The van der Waals surface area contributed by atoms with Crippen LogP contribution in [-0.2, 0) is 36.7 Å². The molecule has 6 nitrogen and oxygen atoms in total. The first-order chi connectivity index (χ1) is 19.4. The van der Waals surface area contributed by atoms with Gasteiger partial charge in [0.1, 0.15) is 11.5 Å². The van der Waals surface area contributed by atoms with Crippen LogP contribution in [0, 0.1) is 5.92 Å². The van der Waals surface area contributed by atoms with E-state index in [-0.39, 0.29) is 34.7 Å². The van der Waals surface area contributed by atoms with Crippen molar-refractivity contribution in [3.63, 3.8) is 0 Å². The summed E-state index contributed by atoms with van der Waals surface area (Å²) < 4.78 is 22.8. The topological polar surface area (TPSA) is 71.1 Å². The van der Waals surface area contributed by atoms with E-state index < -0.39 is 8.32 Å². The number of rotatable bonds is 14. The van der Waals surface area contributed by atoms with Crippen LogP contribution in [0.15, 0.2) is 60.7 Å². The molecule has 0 heterocycles. The second-order valence-corrected chi connectivity index (χ2v) is 17.2. The van der Waals surface area contributed by atoms with Gasteiger partial charge in [-0.25, -0.2) is 0 Å². The van der Waals surface area contributed by atoms with Crippen molar-refractivity contribution in [1.82, 2.24) is 0 Å². The van der Waals surface area contributed by atoms with Gasteiger partial charge in [0, 0.05) is 24.7 Å². The molecule has 0 aromatic heterocycles. The van der Waals surface area contributed by atoms with Gasteiger partial charge in [0.15, 0.2) is 8.32 Å². The van der Waals surface area contributed by atoms with Crippen molar-refractivity contribution in [2.75, 3.05) is 14.2 Å². The number of hydrogen-bond donors (Lipinski definition) is 0. The van der Waals surface area contributed by atoms with Gasteiger partial charge in [-0.15, -0.1) is 0 Å². The van der Waals surface area contributed by atoms with Gasteiger partial charge in [-0.2, -0.15) is 0 Å². The number of methoxy groups -OCH3 is 2. The highest BCUT2D eigenvalue weighted by molar-refractivity contribution is 6.74. The van der Waals surface area contributed by atoms with E-state index in [0.29, 0.717) is 32.5 Å². The van der Waals surface area contributed by atoms with Crippen LogP contribution in [0.5, 0.6) is 5.75 Å². The quantitative estimate of drug-likeness (QED) is 0.0984. The molecule has 3 rings (SSSR count). The van der Waals surface area contributed by atoms with E-state index in [0.717, 1.165) is 35.3 Å². The van der Waals surface area contributed by atoms with Gasteiger partial charge in [-0.05, 0) is 66.2 Å². The van der Waals surface area contributed by atoms with Gasteiger partial charge in [0.2, 0.25) is 0 Å². The Balaban J connectivity index is 1.70. The molecule has 1 saturated carbocycles. The Morgan fingerprint density at radius 2 is 1.56 bits per heavy atom. The van der Waals surface area contributed by atoms with Gasteiger partial charge >= 0.3 is 5.97 Å². The molecule has 224 valence electrons. The molecule has 0 unspecified atom stereocenters. The molecule has 2 aromatic carbocycles. The zero-order valence-corrected chi connectivity index (χ0v) is 26.9. The van der Waals surface area contributed by atoms with Crippen molar-refractivity contribution in [2.45, 2.75) is 96.2 Å². The molecule has 0 saturated heterocycles. The lowest BCUT2D eigenvalue weighted by atomic mass is 9.85. The molecule has 0 aliphatic heterocycles. The number of hydrogen-bond acceptors (Lipinski definition) is 6. The number of ether oxygens (including phenoxy) is 3. The summed E-state index contributed by atoms with van der Waals surface area (Å²) in [5.74, 6) is 0.789. The molecule has 7 heteroatoms. The van der Waals surface area contributed by atoms with Crippen molar-refractivity contribution >= 4 is 20.1 Å². The Bertz CT molecular complexity index is 1150. The van der Waals surface area contributed by atoms with E-state index in [9.17, 15) is 9.59 Å². The number of carbonyl (C=O) groups excluding carboxylic acids is 2. The van der Waals surface area contributed by atoms with E-state index in [1.165, 1.54) is 7.11 Å². The van der Waals surface area contributed by atoms with E-state index in [2.05, 4.69) is 70.3 Å². The van der Waals surface area contributed by atoms with Gasteiger partial charge in [0.25, 0.3) is 0 Å². The highest BCUT2D eigenvalue weighted by Crippen LogP contribution is 2.46. The molecule has 41 heavy (non-hydrogen) atoms. The highest BCUT2D eigenvalue weighted by atomic mass is 28.4. The van der Waals surface area contributed by atoms with Crippen LogP contribution in [0.4, 0.5) is 0 Å². The zero-order chi connectivity index (χ0) is 30.0. The average Bonchev–Trinajstić information content (AvgIpc) is 3.24. The number of ketones is 1. The SMILES string of the molecule is COC(=O)CCCC=CC[C@H]1C(=O)C[C@@H](O[Si](C)(C)C(C)(C)C)[C@@H]1c1ccc(COCc2ccc(OC)cc2)cc1. The van der Waals surface area contributed by atoms with E-state index in [1.807, 2.05) is 24.3 Å². The van der Waals surface area contributed by atoms with Crippen LogP contribution in [0.1, 0.15) is 75.5 Å². The van der Waals surface area contributed by atoms with E-state index in [1.54, 1.807) is 7.11 Å². The fourth-order valence-corrected chi connectivity index (χ4v) is 6.34. The van der Waals surface area contributed by atoms with Gasteiger partial charge in [0.05, 0.1) is 33.5 Å². The second kappa shape index (κ2) is 14.9. The molecule has 3 atom stereocenters. The minimum Gasteiger partial charge on any atom is -0.497 e. The van der Waals surface area contributed by atoms with Crippen molar-refractivity contribution in [3.05, 3.63) is 77.4 Å². The predicted molar refractivity (Wildman–Crippen MR) is 165 cm³/mol. The predicted octanol–water partition coefficient (Wildman–Crippen LogP) is 7.76. The summed E-state index contributed by atoms with van der Waals surface area (Å²) in [5.41, 5.74) is 3.33. The normalized spacial score (nSPS) is 19.6. The highest BCUT2D eigenvalue weighted by Gasteiger charge is 2.48. The summed E-state index contributed by atoms with van der Waals surface area (Å²) in [4.78, 5) is 24.7. The Morgan fingerprint density at radius 1 is 0.951 bits per heavy atom. The molecule has 1 aliphatic rings. The van der Waals surface area contributed by atoms with Gasteiger partial charge in [-0.1, -0.05) is 69.3 Å². The van der Waals surface area contributed by atoms with Gasteiger partial charge < -0.3 is 18.6 Å².